The Morgan fingerprint density at radius 2 is 0.864 bits per heavy atom. The maximum Gasteiger partial charge on any atom is 0.143 e. The van der Waals surface area contributed by atoms with Crippen LogP contribution in [0.15, 0.2) is 162 Å². The molecule has 0 saturated heterocycles. The van der Waals surface area contributed by atoms with Crippen molar-refractivity contribution >= 4 is 53.4 Å². The molecule has 0 N–H and O–H groups in total. The first-order chi connectivity index (χ1) is 21.8. The number of benzene rings is 7. The van der Waals surface area contributed by atoms with E-state index in [2.05, 4.69) is 152 Å². The molecule has 0 aliphatic carbocycles. The highest BCUT2D eigenvalue weighted by Gasteiger charge is 2.17. The second-order valence-electron chi connectivity index (χ2n) is 11.3. The predicted molar refractivity (Wildman–Crippen MR) is 188 cm³/mol. The van der Waals surface area contributed by atoms with Gasteiger partial charge in [0, 0.05) is 42.1 Å². The van der Waals surface area contributed by atoms with Crippen molar-refractivity contribution in [1.82, 2.24) is 0 Å². The minimum absolute atomic E-state index is 0.926. The maximum atomic E-state index is 6.45. The molecule has 0 atom stereocenters. The van der Waals surface area contributed by atoms with Gasteiger partial charge < -0.3 is 4.42 Å². The Morgan fingerprint density at radius 1 is 0.341 bits per heavy atom. The molecular formula is C42H26OS. The first-order valence-corrected chi connectivity index (χ1v) is 15.7. The topological polar surface area (TPSA) is 13.1 Å². The van der Waals surface area contributed by atoms with Crippen LogP contribution in [0.5, 0.6) is 0 Å². The summed E-state index contributed by atoms with van der Waals surface area (Å²) < 4.78 is 9.04. The summed E-state index contributed by atoms with van der Waals surface area (Å²) >= 11 is 1.88. The minimum Gasteiger partial charge on any atom is -0.455 e. The van der Waals surface area contributed by atoms with Crippen LogP contribution in [0.4, 0.5) is 0 Å². The molecule has 0 amide bonds. The molecule has 1 nitrogen and oxygen atoms in total. The molecule has 206 valence electrons. The van der Waals surface area contributed by atoms with Crippen LogP contribution in [-0.4, -0.2) is 0 Å². The second-order valence-corrected chi connectivity index (χ2v) is 12.3. The number of para-hydroxylation sites is 2. The van der Waals surface area contributed by atoms with Crippen molar-refractivity contribution in [2.75, 3.05) is 0 Å². The number of rotatable bonds is 4. The summed E-state index contributed by atoms with van der Waals surface area (Å²) in [5.74, 6) is 0. The fraction of sp³-hybridized carbons (Fsp3) is 0. The van der Waals surface area contributed by atoms with Crippen LogP contribution in [0.2, 0.25) is 0 Å². The van der Waals surface area contributed by atoms with E-state index < -0.39 is 0 Å². The first kappa shape index (κ1) is 25.1. The molecule has 0 spiro atoms. The number of thiophene rings is 1. The van der Waals surface area contributed by atoms with Gasteiger partial charge in [0.1, 0.15) is 11.2 Å². The van der Waals surface area contributed by atoms with Crippen LogP contribution in [0, 0.1) is 0 Å². The average Bonchev–Trinajstić information content (AvgIpc) is 3.68. The van der Waals surface area contributed by atoms with E-state index in [4.69, 9.17) is 4.42 Å². The lowest BCUT2D eigenvalue weighted by Crippen LogP contribution is -1.83. The van der Waals surface area contributed by atoms with Gasteiger partial charge in [0.2, 0.25) is 0 Å². The van der Waals surface area contributed by atoms with E-state index in [0.29, 0.717) is 0 Å². The molecule has 0 aliphatic rings. The van der Waals surface area contributed by atoms with Crippen molar-refractivity contribution in [1.29, 1.82) is 0 Å². The Hall–Kier alpha value is -5.44. The Balaban J connectivity index is 1.17. The van der Waals surface area contributed by atoms with Crippen molar-refractivity contribution in [3.63, 3.8) is 0 Å². The van der Waals surface area contributed by atoms with Crippen molar-refractivity contribution in [2.45, 2.75) is 0 Å². The van der Waals surface area contributed by atoms with Crippen molar-refractivity contribution in [2.24, 2.45) is 0 Å². The van der Waals surface area contributed by atoms with Gasteiger partial charge in [-0.1, -0.05) is 146 Å². The molecule has 9 aromatic rings. The predicted octanol–water partition coefficient (Wildman–Crippen LogP) is 12.6. The Bertz CT molecular complexity index is 2480. The summed E-state index contributed by atoms with van der Waals surface area (Å²) in [7, 11) is 0. The first-order valence-electron chi connectivity index (χ1n) is 14.9. The average molecular weight is 579 g/mol. The maximum absolute atomic E-state index is 6.45. The zero-order chi connectivity index (χ0) is 29.0. The molecule has 9 rings (SSSR count). The molecule has 0 radical (unpaired) electrons. The van der Waals surface area contributed by atoms with Crippen molar-refractivity contribution in [3.8, 4) is 44.5 Å². The van der Waals surface area contributed by atoms with Crippen molar-refractivity contribution in [3.05, 3.63) is 158 Å². The van der Waals surface area contributed by atoms with Gasteiger partial charge in [-0.05, 0) is 45.5 Å². The zero-order valence-corrected chi connectivity index (χ0v) is 24.6. The normalized spacial score (nSPS) is 11.6. The molecular weight excluding hydrogens is 553 g/mol. The van der Waals surface area contributed by atoms with Gasteiger partial charge in [-0.2, -0.15) is 0 Å². The largest absolute Gasteiger partial charge is 0.455 e. The van der Waals surface area contributed by atoms with Gasteiger partial charge in [-0.15, -0.1) is 11.3 Å². The molecule has 44 heavy (non-hydrogen) atoms. The molecule has 2 aromatic heterocycles. The molecule has 2 heterocycles. The Kier molecular flexibility index (Phi) is 5.75. The molecule has 0 aliphatic heterocycles. The molecule has 2 heteroatoms. The van der Waals surface area contributed by atoms with Gasteiger partial charge in [-0.25, -0.2) is 0 Å². The van der Waals surface area contributed by atoms with Gasteiger partial charge in [0.25, 0.3) is 0 Å². The van der Waals surface area contributed by atoms with Crippen LogP contribution in [0.1, 0.15) is 0 Å². The molecule has 0 fully saturated rings. The van der Waals surface area contributed by atoms with E-state index in [1.165, 1.54) is 59.1 Å². The summed E-state index contributed by atoms with van der Waals surface area (Å²) in [4.78, 5) is 0. The van der Waals surface area contributed by atoms with Crippen molar-refractivity contribution < 1.29 is 4.42 Å². The van der Waals surface area contributed by atoms with E-state index in [-0.39, 0.29) is 0 Å². The monoisotopic (exact) mass is 578 g/mol. The Morgan fingerprint density at radius 3 is 1.66 bits per heavy atom. The van der Waals surface area contributed by atoms with Crippen LogP contribution in [-0.2, 0) is 0 Å². The lowest BCUT2D eigenvalue weighted by molar-refractivity contribution is 0.670. The van der Waals surface area contributed by atoms with E-state index in [0.717, 1.165) is 27.5 Å². The van der Waals surface area contributed by atoms with Crippen LogP contribution < -0.4 is 0 Å². The van der Waals surface area contributed by atoms with Crippen LogP contribution >= 0.6 is 11.3 Å². The fourth-order valence-corrected chi connectivity index (χ4v) is 7.93. The van der Waals surface area contributed by atoms with Gasteiger partial charge in [0.15, 0.2) is 0 Å². The van der Waals surface area contributed by atoms with E-state index in [1.807, 2.05) is 17.4 Å². The fourth-order valence-electron chi connectivity index (χ4n) is 6.57. The molecule has 7 aromatic carbocycles. The number of hydrogen-bond acceptors (Lipinski definition) is 2. The molecule has 0 unspecified atom stereocenters. The second kappa shape index (κ2) is 10.1. The van der Waals surface area contributed by atoms with Crippen LogP contribution in [0.25, 0.3) is 86.6 Å². The summed E-state index contributed by atoms with van der Waals surface area (Å²) in [6, 6.07) is 56.6. The molecule has 0 saturated carbocycles. The van der Waals surface area contributed by atoms with E-state index in [9.17, 15) is 0 Å². The highest BCUT2D eigenvalue weighted by Crippen LogP contribution is 2.46. The zero-order valence-electron chi connectivity index (χ0n) is 23.8. The van der Waals surface area contributed by atoms with E-state index >= 15 is 0 Å². The summed E-state index contributed by atoms with van der Waals surface area (Å²) in [6.45, 7) is 0. The summed E-state index contributed by atoms with van der Waals surface area (Å²) in [5, 5.41) is 4.89. The lowest BCUT2D eigenvalue weighted by Gasteiger charge is -2.08. The van der Waals surface area contributed by atoms with Gasteiger partial charge in [-0.3, -0.25) is 0 Å². The highest BCUT2D eigenvalue weighted by molar-refractivity contribution is 7.26. The SMILES string of the molecule is c1ccc(-c2ccc(-c3cccc(-c4cccc5c4sc4c(-c6cccc7c6oc6ccccc67)cccc45)c3)cc2)cc1. The van der Waals surface area contributed by atoms with E-state index in [1.54, 1.807) is 0 Å². The highest BCUT2D eigenvalue weighted by atomic mass is 32.1. The smallest absolute Gasteiger partial charge is 0.143 e. The lowest BCUT2D eigenvalue weighted by atomic mass is 9.96. The third-order valence-corrected chi connectivity index (χ3v) is 10.0. The minimum atomic E-state index is 0.926. The number of fused-ring (bicyclic) bond motifs is 6. The third-order valence-electron chi connectivity index (χ3n) is 8.72. The number of furan rings is 1. The van der Waals surface area contributed by atoms with Crippen LogP contribution in [0.3, 0.4) is 0 Å². The summed E-state index contributed by atoms with van der Waals surface area (Å²) in [5.41, 5.74) is 11.6. The quantitative estimate of drug-likeness (QED) is 0.202. The number of hydrogen-bond donors (Lipinski definition) is 0. The molecule has 0 bridgehead atoms. The van der Waals surface area contributed by atoms with Gasteiger partial charge >= 0.3 is 0 Å². The Labute approximate surface area is 259 Å². The summed E-state index contributed by atoms with van der Waals surface area (Å²) in [6.07, 6.45) is 0. The standard InChI is InChI=1S/C42H26OS/c1-2-10-27(11-3-1)28-22-24-29(25-23-28)30-12-6-13-31(26-30)32-15-7-19-37-38-20-9-18-36(42(38)44-41(32)37)35-17-8-16-34-33-14-4-5-21-39(33)43-40(34)35/h1-26H. The third kappa shape index (κ3) is 4.00. The van der Waals surface area contributed by atoms with Gasteiger partial charge in [0.05, 0.1) is 0 Å².